The van der Waals surface area contributed by atoms with Crippen LogP contribution in [-0.4, -0.2) is 29.9 Å². The zero-order valence-corrected chi connectivity index (χ0v) is 17.1. The highest BCUT2D eigenvalue weighted by atomic mass is 32.2. The van der Waals surface area contributed by atoms with E-state index in [4.69, 9.17) is 0 Å². The smallest absolute Gasteiger partial charge is 0.224 e. The molecule has 1 aromatic carbocycles. The summed E-state index contributed by atoms with van der Waals surface area (Å²) < 4.78 is 23.0. The number of carbonyl (C=O) groups excluding carboxylic acids is 1. The Labute approximate surface area is 156 Å². The number of carbonyl (C=O) groups is 1. The molecule has 5 nitrogen and oxygen atoms in total. The lowest BCUT2D eigenvalue weighted by molar-refractivity contribution is 0.104. The predicted octanol–water partition coefficient (Wildman–Crippen LogP) is 3.58. The Morgan fingerprint density at radius 2 is 1.46 bits per heavy atom. The molecule has 0 aromatic heterocycles. The molecule has 0 saturated carbocycles. The molecular formula is C20H25NO4S. The minimum absolute atomic E-state index is 0.0567. The molecular weight excluding hydrogens is 350 g/mol. The molecule has 0 fully saturated rings. The summed E-state index contributed by atoms with van der Waals surface area (Å²) in [6.07, 6.45) is 1.29. The average molecular weight is 375 g/mol. The van der Waals surface area contributed by atoms with E-state index in [0.29, 0.717) is 22.4 Å². The van der Waals surface area contributed by atoms with Gasteiger partial charge in [0.15, 0.2) is 5.78 Å². The number of nitrogens with zero attached hydrogens (tertiary/aromatic N) is 1. The Hall–Kier alpha value is -2.21. The molecule has 26 heavy (non-hydrogen) atoms. The first-order valence-electron chi connectivity index (χ1n) is 8.39. The van der Waals surface area contributed by atoms with Gasteiger partial charge in [0.1, 0.15) is 10.6 Å². The molecule has 0 unspecified atom stereocenters. The number of allylic oxidation sites excluding steroid dienone is 1. The van der Waals surface area contributed by atoms with Gasteiger partial charge in [0.25, 0.3) is 0 Å². The lowest BCUT2D eigenvalue weighted by Gasteiger charge is -2.28. The molecule has 0 spiro atoms. The number of ketones is 1. The summed E-state index contributed by atoms with van der Waals surface area (Å²) in [6.45, 7) is 13.3. The van der Waals surface area contributed by atoms with E-state index in [9.17, 15) is 18.3 Å². The molecule has 0 amide bonds. The first-order valence-corrected chi connectivity index (χ1v) is 9.47. The Bertz CT molecular complexity index is 939. The van der Waals surface area contributed by atoms with Crippen molar-refractivity contribution < 1.29 is 18.3 Å². The fraction of sp³-hybridized carbons (Fsp3) is 0.450. The van der Waals surface area contributed by atoms with Gasteiger partial charge < -0.3 is 5.11 Å². The largest absolute Gasteiger partial charge is 0.507 e. The first kappa shape index (κ1) is 20.1. The van der Waals surface area contributed by atoms with E-state index in [1.165, 1.54) is 6.20 Å². The summed E-state index contributed by atoms with van der Waals surface area (Å²) >= 11 is 0. The van der Waals surface area contributed by atoms with Crippen molar-refractivity contribution in [2.75, 3.05) is 0 Å². The molecule has 0 radical (unpaired) electrons. The third-order valence-corrected chi connectivity index (χ3v) is 5.21. The van der Waals surface area contributed by atoms with Crippen LogP contribution in [0.2, 0.25) is 0 Å². The van der Waals surface area contributed by atoms with E-state index in [-0.39, 0.29) is 27.0 Å². The fourth-order valence-electron chi connectivity index (χ4n) is 2.91. The first-order chi connectivity index (χ1) is 11.7. The molecule has 0 aliphatic carbocycles. The zero-order chi connectivity index (χ0) is 20.0. The van der Waals surface area contributed by atoms with Crippen LogP contribution in [0.1, 0.15) is 70.0 Å². The van der Waals surface area contributed by atoms with E-state index in [1.54, 1.807) is 19.1 Å². The lowest BCUT2D eigenvalue weighted by Crippen LogP contribution is -2.21. The van der Waals surface area contributed by atoms with E-state index >= 15 is 0 Å². The summed E-state index contributed by atoms with van der Waals surface area (Å²) in [5, 5.41) is 10.8. The predicted molar refractivity (Wildman–Crippen MR) is 105 cm³/mol. The normalized spacial score (nSPS) is 15.0. The van der Waals surface area contributed by atoms with Crippen molar-refractivity contribution in [2.45, 2.75) is 59.3 Å². The second-order valence-electron chi connectivity index (χ2n) is 8.57. The molecule has 0 bridgehead atoms. The Kier molecular flexibility index (Phi) is 5.03. The molecule has 0 saturated heterocycles. The Morgan fingerprint density at radius 3 is 1.85 bits per heavy atom. The van der Waals surface area contributed by atoms with Gasteiger partial charge >= 0.3 is 0 Å². The van der Waals surface area contributed by atoms with Gasteiger partial charge in [-0.2, -0.15) is 8.42 Å². The summed E-state index contributed by atoms with van der Waals surface area (Å²) in [5.41, 5.74) is 1.23. The standard InChI is InChI=1S/C20H25NO4S/c1-11-18(26(24)25)13(10-21-11)16(22)12-8-14(19(2,3)4)17(23)15(9-12)20(5,6)7/h8-10,23H,1-7H3. The lowest BCUT2D eigenvalue weighted by atomic mass is 9.77. The number of rotatable bonds is 2. The number of aliphatic imine (C=N–C) groups is 1. The molecule has 1 aliphatic rings. The molecule has 2 rings (SSSR count). The van der Waals surface area contributed by atoms with E-state index < -0.39 is 16.1 Å². The number of hydrogen-bond acceptors (Lipinski definition) is 5. The maximum absolute atomic E-state index is 13.1. The summed E-state index contributed by atoms with van der Waals surface area (Å²) in [6, 6.07) is 3.29. The Balaban J connectivity index is 2.72. The van der Waals surface area contributed by atoms with Crippen LogP contribution in [0.4, 0.5) is 0 Å². The minimum Gasteiger partial charge on any atom is -0.507 e. The monoisotopic (exact) mass is 375 g/mol. The van der Waals surface area contributed by atoms with Crippen LogP contribution in [0.25, 0.3) is 0 Å². The summed E-state index contributed by atoms with van der Waals surface area (Å²) in [4.78, 5) is 17.0. The van der Waals surface area contributed by atoms with Crippen molar-refractivity contribution >= 4 is 26.7 Å². The third kappa shape index (κ3) is 3.65. The Morgan fingerprint density at radius 1 is 1.00 bits per heavy atom. The summed E-state index contributed by atoms with van der Waals surface area (Å²) in [7, 11) is -2.55. The van der Waals surface area contributed by atoms with Crippen molar-refractivity contribution in [2.24, 2.45) is 4.99 Å². The van der Waals surface area contributed by atoms with Gasteiger partial charge in [-0.05, 0) is 29.9 Å². The number of hydrogen-bond donors (Lipinski definition) is 1. The average Bonchev–Trinajstić information content (AvgIpc) is 2.86. The van der Waals surface area contributed by atoms with Gasteiger partial charge in [-0.15, -0.1) is 0 Å². The molecule has 1 aliphatic heterocycles. The number of benzene rings is 1. The number of phenols is 1. The van der Waals surface area contributed by atoms with Crippen LogP contribution in [0.3, 0.4) is 0 Å². The molecule has 1 aromatic rings. The van der Waals surface area contributed by atoms with E-state index in [0.717, 1.165) is 0 Å². The van der Waals surface area contributed by atoms with Crippen LogP contribution in [0, 0.1) is 0 Å². The van der Waals surface area contributed by atoms with Crippen LogP contribution in [-0.2, 0) is 21.1 Å². The molecule has 0 atom stereocenters. The van der Waals surface area contributed by atoms with Crippen molar-refractivity contribution in [3.63, 3.8) is 0 Å². The second-order valence-corrected chi connectivity index (χ2v) is 9.45. The zero-order valence-electron chi connectivity index (χ0n) is 16.3. The number of phenolic OH excluding ortho intramolecular Hbond substituents is 1. The molecule has 6 heteroatoms. The van der Waals surface area contributed by atoms with Gasteiger partial charge in [-0.25, -0.2) is 0 Å². The topological polar surface area (TPSA) is 83.8 Å². The fourth-order valence-corrected chi connectivity index (χ4v) is 3.53. The third-order valence-electron chi connectivity index (χ3n) is 4.36. The number of aromatic hydroxyl groups is 1. The molecule has 1 heterocycles. The van der Waals surface area contributed by atoms with Gasteiger partial charge in [-0.1, -0.05) is 41.5 Å². The van der Waals surface area contributed by atoms with Gasteiger partial charge in [0.05, 0.1) is 11.3 Å². The molecule has 140 valence electrons. The minimum atomic E-state index is -2.55. The van der Waals surface area contributed by atoms with Crippen molar-refractivity contribution in [1.82, 2.24) is 0 Å². The van der Waals surface area contributed by atoms with Crippen molar-refractivity contribution in [1.29, 1.82) is 0 Å². The maximum atomic E-state index is 13.1. The van der Waals surface area contributed by atoms with Gasteiger partial charge in [0.2, 0.25) is 10.3 Å². The van der Waals surface area contributed by atoms with Gasteiger partial charge in [-0.3, -0.25) is 9.79 Å². The summed E-state index contributed by atoms with van der Waals surface area (Å²) in [5.74, 6) is -0.244. The van der Waals surface area contributed by atoms with Crippen molar-refractivity contribution in [3.8, 4) is 5.75 Å². The SMILES string of the molecule is CC1=NC=C(C(=O)c2cc(C(C)(C)C)c(O)c(C(C)(C)C)c2)C1=S(=O)=O. The van der Waals surface area contributed by atoms with E-state index in [1.807, 2.05) is 41.5 Å². The highest BCUT2D eigenvalue weighted by Crippen LogP contribution is 2.40. The maximum Gasteiger partial charge on any atom is 0.224 e. The highest BCUT2D eigenvalue weighted by molar-refractivity contribution is 7.75. The quantitative estimate of drug-likeness (QED) is 0.632. The highest BCUT2D eigenvalue weighted by Gasteiger charge is 2.30. The molecule has 1 N–H and O–H groups in total. The van der Waals surface area contributed by atoms with E-state index in [2.05, 4.69) is 4.99 Å². The van der Waals surface area contributed by atoms with Crippen LogP contribution < -0.4 is 0 Å². The van der Waals surface area contributed by atoms with Crippen LogP contribution >= 0.6 is 0 Å². The number of Topliss-reactive ketones (excluding diaryl/α,β-unsaturated/α-hetero) is 1. The van der Waals surface area contributed by atoms with Crippen LogP contribution in [0.5, 0.6) is 5.75 Å². The van der Waals surface area contributed by atoms with Crippen molar-refractivity contribution in [3.05, 3.63) is 40.6 Å². The second kappa shape index (κ2) is 6.50. The van der Waals surface area contributed by atoms with Crippen LogP contribution in [0.15, 0.2) is 28.9 Å². The van der Waals surface area contributed by atoms with Gasteiger partial charge in [0, 0.05) is 22.9 Å².